The van der Waals surface area contributed by atoms with Crippen molar-refractivity contribution in [2.45, 2.75) is 20.3 Å². The summed E-state index contributed by atoms with van der Waals surface area (Å²) in [5.41, 5.74) is 11.2. The highest BCUT2D eigenvalue weighted by Gasteiger charge is 2.00. The van der Waals surface area contributed by atoms with Gasteiger partial charge in [-0.25, -0.2) is 0 Å². The maximum atomic E-state index is 5.89. The number of benzene rings is 1. The Morgan fingerprint density at radius 2 is 1.88 bits per heavy atom. The molecule has 1 aromatic carbocycles. The van der Waals surface area contributed by atoms with E-state index in [2.05, 4.69) is 30.1 Å². The van der Waals surface area contributed by atoms with E-state index in [0.717, 1.165) is 34.5 Å². The maximum Gasteiger partial charge on any atom is 0.0401 e. The molecule has 0 aliphatic heterocycles. The molecule has 16 heavy (non-hydrogen) atoms. The largest absolute Gasteiger partial charge is 0.398 e. The van der Waals surface area contributed by atoms with Gasteiger partial charge in [0.1, 0.15) is 0 Å². The Kier molecular flexibility index (Phi) is 2.91. The monoisotopic (exact) mass is 212 g/mol. The van der Waals surface area contributed by atoms with Crippen LogP contribution >= 0.6 is 0 Å². The van der Waals surface area contributed by atoms with Gasteiger partial charge in [-0.05, 0) is 36.6 Å². The third-order valence-electron chi connectivity index (χ3n) is 2.80. The first-order valence-corrected chi connectivity index (χ1v) is 5.52. The lowest BCUT2D eigenvalue weighted by Crippen LogP contribution is -1.91. The van der Waals surface area contributed by atoms with Crippen LogP contribution < -0.4 is 5.73 Å². The molecule has 0 aliphatic rings. The number of hydrogen-bond donors (Lipinski definition) is 1. The molecule has 2 nitrogen and oxygen atoms in total. The van der Waals surface area contributed by atoms with Crippen molar-refractivity contribution >= 4 is 5.69 Å². The molecule has 0 atom stereocenters. The van der Waals surface area contributed by atoms with Gasteiger partial charge in [0.25, 0.3) is 0 Å². The van der Waals surface area contributed by atoms with Gasteiger partial charge in [-0.2, -0.15) is 0 Å². The standard InChI is InChI=1S/C14H16N2/c1-3-13-7-6-12(9-16-13)11-5-4-10(2)14(15)8-11/h4-9H,3,15H2,1-2H3. The number of nitrogen functional groups attached to an aromatic ring is 1. The van der Waals surface area contributed by atoms with E-state index in [1.165, 1.54) is 0 Å². The number of hydrogen-bond acceptors (Lipinski definition) is 2. The topological polar surface area (TPSA) is 38.9 Å². The summed E-state index contributed by atoms with van der Waals surface area (Å²) in [6, 6.07) is 10.3. The van der Waals surface area contributed by atoms with Gasteiger partial charge in [0.2, 0.25) is 0 Å². The van der Waals surface area contributed by atoms with Crippen LogP contribution in [-0.4, -0.2) is 4.98 Å². The van der Waals surface area contributed by atoms with Crippen LogP contribution in [0.1, 0.15) is 18.2 Å². The number of nitrogens with two attached hydrogens (primary N) is 1. The average Bonchev–Trinajstić information content (AvgIpc) is 2.33. The lowest BCUT2D eigenvalue weighted by Gasteiger charge is -2.05. The second-order valence-corrected chi connectivity index (χ2v) is 3.96. The number of rotatable bonds is 2. The Balaban J connectivity index is 2.38. The highest BCUT2D eigenvalue weighted by atomic mass is 14.7. The van der Waals surface area contributed by atoms with Crippen LogP contribution in [0.3, 0.4) is 0 Å². The molecule has 0 radical (unpaired) electrons. The van der Waals surface area contributed by atoms with Crippen LogP contribution in [0, 0.1) is 6.92 Å². The summed E-state index contributed by atoms with van der Waals surface area (Å²) in [6.45, 7) is 4.11. The van der Waals surface area contributed by atoms with Crippen LogP contribution in [-0.2, 0) is 6.42 Å². The second-order valence-electron chi connectivity index (χ2n) is 3.96. The molecule has 0 fully saturated rings. The Hall–Kier alpha value is -1.83. The molecule has 2 N–H and O–H groups in total. The number of aryl methyl sites for hydroxylation is 2. The predicted molar refractivity (Wildman–Crippen MR) is 68.2 cm³/mol. The first-order valence-electron chi connectivity index (χ1n) is 5.52. The first kappa shape index (κ1) is 10.7. The Labute approximate surface area is 96.1 Å². The molecular weight excluding hydrogens is 196 g/mol. The number of nitrogens with zero attached hydrogens (tertiary/aromatic N) is 1. The highest BCUT2D eigenvalue weighted by molar-refractivity contribution is 5.68. The van der Waals surface area contributed by atoms with Gasteiger partial charge < -0.3 is 5.73 Å². The predicted octanol–water partition coefficient (Wildman–Crippen LogP) is 3.20. The van der Waals surface area contributed by atoms with Crippen LogP contribution in [0.15, 0.2) is 36.5 Å². The van der Waals surface area contributed by atoms with Gasteiger partial charge >= 0.3 is 0 Å². The molecule has 1 aromatic heterocycles. The van der Waals surface area contributed by atoms with Crippen LogP contribution in [0.25, 0.3) is 11.1 Å². The molecule has 82 valence electrons. The smallest absolute Gasteiger partial charge is 0.0401 e. The quantitative estimate of drug-likeness (QED) is 0.776. The minimum Gasteiger partial charge on any atom is -0.398 e. The molecule has 2 aromatic rings. The van der Waals surface area contributed by atoms with E-state index in [-0.39, 0.29) is 0 Å². The summed E-state index contributed by atoms with van der Waals surface area (Å²) >= 11 is 0. The summed E-state index contributed by atoms with van der Waals surface area (Å²) in [4.78, 5) is 4.38. The fourth-order valence-corrected chi connectivity index (χ4v) is 1.62. The SMILES string of the molecule is CCc1ccc(-c2ccc(C)c(N)c2)cn1. The molecular formula is C14H16N2. The van der Waals surface area contributed by atoms with Crippen LogP contribution in [0.4, 0.5) is 5.69 Å². The van der Waals surface area contributed by atoms with Crippen molar-refractivity contribution in [1.82, 2.24) is 4.98 Å². The van der Waals surface area contributed by atoms with E-state index in [4.69, 9.17) is 5.73 Å². The molecule has 2 rings (SSSR count). The minimum atomic E-state index is 0.831. The third kappa shape index (κ3) is 2.06. The van der Waals surface area contributed by atoms with E-state index in [0.29, 0.717) is 0 Å². The van der Waals surface area contributed by atoms with Crippen molar-refractivity contribution in [3.8, 4) is 11.1 Å². The van der Waals surface area contributed by atoms with Gasteiger partial charge in [-0.1, -0.05) is 25.1 Å². The molecule has 0 unspecified atom stereocenters. The highest BCUT2D eigenvalue weighted by Crippen LogP contribution is 2.23. The zero-order valence-electron chi connectivity index (χ0n) is 9.70. The van der Waals surface area contributed by atoms with Crippen molar-refractivity contribution in [1.29, 1.82) is 0 Å². The van der Waals surface area contributed by atoms with Crippen molar-refractivity contribution in [3.63, 3.8) is 0 Å². The van der Waals surface area contributed by atoms with E-state index in [1.54, 1.807) is 0 Å². The average molecular weight is 212 g/mol. The number of pyridine rings is 1. The van der Waals surface area contributed by atoms with Gasteiger partial charge in [-0.15, -0.1) is 0 Å². The van der Waals surface area contributed by atoms with Gasteiger partial charge in [-0.3, -0.25) is 4.98 Å². The van der Waals surface area contributed by atoms with E-state index in [9.17, 15) is 0 Å². The molecule has 0 aliphatic carbocycles. The van der Waals surface area contributed by atoms with E-state index >= 15 is 0 Å². The lowest BCUT2D eigenvalue weighted by molar-refractivity contribution is 1.04. The number of anilines is 1. The number of aromatic nitrogens is 1. The van der Waals surface area contributed by atoms with Crippen molar-refractivity contribution in [2.24, 2.45) is 0 Å². The molecule has 0 bridgehead atoms. The molecule has 1 heterocycles. The molecule has 0 saturated heterocycles. The summed E-state index contributed by atoms with van der Waals surface area (Å²) < 4.78 is 0. The molecule has 0 spiro atoms. The van der Waals surface area contributed by atoms with Gasteiger partial charge in [0, 0.05) is 23.1 Å². The summed E-state index contributed by atoms with van der Waals surface area (Å²) in [5, 5.41) is 0. The molecule has 2 heteroatoms. The van der Waals surface area contributed by atoms with Crippen LogP contribution in [0.5, 0.6) is 0 Å². The second kappa shape index (κ2) is 4.35. The zero-order chi connectivity index (χ0) is 11.5. The Morgan fingerprint density at radius 3 is 2.44 bits per heavy atom. The lowest BCUT2D eigenvalue weighted by atomic mass is 10.0. The Bertz CT molecular complexity index is 487. The van der Waals surface area contributed by atoms with E-state index < -0.39 is 0 Å². The van der Waals surface area contributed by atoms with Crippen molar-refractivity contribution in [3.05, 3.63) is 47.8 Å². The van der Waals surface area contributed by atoms with E-state index in [1.807, 2.05) is 25.3 Å². The fraction of sp³-hybridized carbons (Fsp3) is 0.214. The first-order chi connectivity index (χ1) is 7.70. The van der Waals surface area contributed by atoms with Crippen LogP contribution in [0.2, 0.25) is 0 Å². The molecule has 0 saturated carbocycles. The Morgan fingerprint density at radius 1 is 1.12 bits per heavy atom. The van der Waals surface area contributed by atoms with Crippen molar-refractivity contribution < 1.29 is 0 Å². The molecule has 0 amide bonds. The maximum absolute atomic E-state index is 5.89. The summed E-state index contributed by atoms with van der Waals surface area (Å²) in [5.74, 6) is 0. The van der Waals surface area contributed by atoms with Gasteiger partial charge in [0.05, 0.1) is 0 Å². The van der Waals surface area contributed by atoms with Crippen molar-refractivity contribution in [2.75, 3.05) is 5.73 Å². The summed E-state index contributed by atoms with van der Waals surface area (Å²) in [7, 11) is 0. The van der Waals surface area contributed by atoms with Gasteiger partial charge in [0.15, 0.2) is 0 Å². The third-order valence-corrected chi connectivity index (χ3v) is 2.80. The summed E-state index contributed by atoms with van der Waals surface area (Å²) in [6.07, 6.45) is 2.87. The minimum absolute atomic E-state index is 0.831. The normalized spacial score (nSPS) is 10.4. The zero-order valence-corrected chi connectivity index (χ0v) is 9.70. The fourth-order valence-electron chi connectivity index (χ4n) is 1.62.